The molecule has 0 aromatic carbocycles. The van der Waals surface area contributed by atoms with Crippen LogP contribution in [0.3, 0.4) is 0 Å². The van der Waals surface area contributed by atoms with Gasteiger partial charge in [0.2, 0.25) is 0 Å². The van der Waals surface area contributed by atoms with Crippen LogP contribution in [0.25, 0.3) is 5.57 Å². The maximum Gasteiger partial charge on any atom is 0.119 e. The van der Waals surface area contributed by atoms with Crippen molar-refractivity contribution in [3.8, 4) is 0 Å². The molecule has 0 aliphatic heterocycles. The first-order valence-corrected chi connectivity index (χ1v) is 4.62. The Morgan fingerprint density at radius 2 is 1.92 bits per heavy atom. The Bertz CT molecular complexity index is 334. The van der Waals surface area contributed by atoms with Crippen LogP contribution in [0.15, 0.2) is 11.6 Å². The summed E-state index contributed by atoms with van der Waals surface area (Å²) in [5, 5.41) is 1.02. The van der Waals surface area contributed by atoms with Gasteiger partial charge in [-0.2, -0.15) is 0 Å². The predicted octanol–water partition coefficient (Wildman–Crippen LogP) is 3.73. The first-order valence-electron chi connectivity index (χ1n) is 3.80. The number of hydrogen-bond acceptors (Lipinski definition) is 2. The van der Waals surface area contributed by atoms with Gasteiger partial charge in [-0.05, 0) is 44.2 Å². The van der Waals surface area contributed by atoms with Gasteiger partial charge in [0.25, 0.3) is 0 Å². The van der Waals surface area contributed by atoms with Crippen molar-refractivity contribution in [3.63, 3.8) is 0 Å². The fraction of sp³-hybridized carbons (Fsp3) is 0.300. The molecule has 0 fully saturated rings. The summed E-state index contributed by atoms with van der Waals surface area (Å²) in [6, 6.07) is 0. The van der Waals surface area contributed by atoms with E-state index in [1.54, 1.807) is 11.3 Å². The largest absolute Gasteiger partial charge is 0.253 e. The third-order valence-electron chi connectivity index (χ3n) is 1.95. The van der Waals surface area contributed by atoms with Crippen LogP contribution in [0.1, 0.15) is 22.9 Å². The highest BCUT2D eigenvalue weighted by atomic mass is 32.1. The second-order valence-corrected chi connectivity index (χ2v) is 3.92. The molecule has 1 aromatic heterocycles. The number of allylic oxidation sites excluding steroid dienone is 1. The Morgan fingerprint density at radius 3 is 2.17 bits per heavy atom. The molecule has 12 heavy (non-hydrogen) atoms. The van der Waals surface area contributed by atoms with E-state index in [0.29, 0.717) is 0 Å². The van der Waals surface area contributed by atoms with Crippen molar-refractivity contribution in [2.45, 2.75) is 20.8 Å². The molecule has 0 atom stereocenters. The van der Waals surface area contributed by atoms with Gasteiger partial charge in [0.1, 0.15) is 5.00 Å². The van der Waals surface area contributed by atoms with Crippen molar-refractivity contribution in [3.05, 3.63) is 22.6 Å². The molecule has 0 saturated heterocycles. The van der Waals surface area contributed by atoms with E-state index in [2.05, 4.69) is 32.1 Å². The van der Waals surface area contributed by atoms with Crippen LogP contribution in [0.5, 0.6) is 0 Å². The summed E-state index contributed by atoms with van der Waals surface area (Å²) in [5.41, 5.74) is 3.62. The molecule has 64 valence electrons. The minimum Gasteiger partial charge on any atom is -0.253 e. The molecule has 1 rings (SSSR count). The second kappa shape index (κ2) is 3.23. The second-order valence-electron chi connectivity index (χ2n) is 2.92. The van der Waals surface area contributed by atoms with Crippen molar-refractivity contribution < 1.29 is 0 Å². The molecule has 0 aliphatic carbocycles. The van der Waals surface area contributed by atoms with Gasteiger partial charge in [-0.15, -0.1) is 11.3 Å². The summed E-state index contributed by atoms with van der Waals surface area (Å²) in [5.74, 6) is 0. The maximum absolute atomic E-state index is 3.96. The van der Waals surface area contributed by atoms with Crippen LogP contribution in [-0.4, -0.2) is 6.72 Å². The predicted molar refractivity (Wildman–Crippen MR) is 57.7 cm³/mol. The highest BCUT2D eigenvalue weighted by Gasteiger charge is 2.09. The van der Waals surface area contributed by atoms with Gasteiger partial charge in [-0.1, -0.05) is 6.58 Å². The van der Waals surface area contributed by atoms with E-state index in [0.717, 1.165) is 10.6 Å². The standard InChI is InChI=1S/C10H13NS/c1-6(2)9-7(3)8(4)10(11-5)12-9/h1,5H2,2-4H3. The Kier molecular flexibility index (Phi) is 2.48. The highest BCUT2D eigenvalue weighted by molar-refractivity contribution is 7.17. The average Bonchev–Trinajstić information content (AvgIpc) is 2.30. The lowest BCUT2D eigenvalue weighted by atomic mass is 10.1. The van der Waals surface area contributed by atoms with Crippen LogP contribution in [0, 0.1) is 13.8 Å². The summed E-state index contributed by atoms with van der Waals surface area (Å²) in [4.78, 5) is 5.21. The van der Waals surface area contributed by atoms with E-state index < -0.39 is 0 Å². The number of aliphatic imine (C=N–C) groups is 1. The van der Waals surface area contributed by atoms with E-state index in [-0.39, 0.29) is 0 Å². The summed E-state index contributed by atoms with van der Waals surface area (Å²) in [7, 11) is 0. The molecule has 1 nitrogen and oxygen atoms in total. The van der Waals surface area contributed by atoms with E-state index in [9.17, 15) is 0 Å². The summed E-state index contributed by atoms with van der Waals surface area (Å²) < 4.78 is 0. The molecule has 0 bridgehead atoms. The van der Waals surface area contributed by atoms with Crippen molar-refractivity contribution >= 4 is 28.6 Å². The molecule has 1 aromatic rings. The fourth-order valence-electron chi connectivity index (χ4n) is 1.14. The molecular formula is C10H13NS. The van der Waals surface area contributed by atoms with Crippen LogP contribution in [0.4, 0.5) is 5.00 Å². The monoisotopic (exact) mass is 179 g/mol. The van der Waals surface area contributed by atoms with Gasteiger partial charge >= 0.3 is 0 Å². The van der Waals surface area contributed by atoms with Gasteiger partial charge < -0.3 is 0 Å². The van der Waals surface area contributed by atoms with Crippen molar-refractivity contribution in [2.75, 3.05) is 0 Å². The molecule has 0 unspecified atom stereocenters. The Morgan fingerprint density at radius 1 is 1.33 bits per heavy atom. The van der Waals surface area contributed by atoms with Crippen molar-refractivity contribution in [2.24, 2.45) is 4.99 Å². The summed E-state index contributed by atoms with van der Waals surface area (Å²) in [6.07, 6.45) is 0. The zero-order valence-electron chi connectivity index (χ0n) is 7.77. The normalized spacial score (nSPS) is 9.92. The zero-order chi connectivity index (χ0) is 9.30. The highest BCUT2D eigenvalue weighted by Crippen LogP contribution is 2.37. The lowest BCUT2D eigenvalue weighted by Gasteiger charge is -1.95. The van der Waals surface area contributed by atoms with E-state index in [1.807, 2.05) is 6.92 Å². The smallest absolute Gasteiger partial charge is 0.119 e. The molecule has 0 N–H and O–H groups in total. The van der Waals surface area contributed by atoms with Gasteiger partial charge in [-0.3, -0.25) is 4.99 Å². The van der Waals surface area contributed by atoms with Crippen LogP contribution in [-0.2, 0) is 0 Å². The van der Waals surface area contributed by atoms with E-state index in [4.69, 9.17) is 0 Å². The van der Waals surface area contributed by atoms with Crippen LogP contribution in [0.2, 0.25) is 0 Å². The summed E-state index contributed by atoms with van der Waals surface area (Å²) in [6.45, 7) is 13.7. The molecule has 0 aliphatic rings. The quantitative estimate of drug-likeness (QED) is 0.613. The molecule has 2 heteroatoms. The van der Waals surface area contributed by atoms with E-state index in [1.165, 1.54) is 16.0 Å². The molecule has 0 radical (unpaired) electrons. The lowest BCUT2D eigenvalue weighted by Crippen LogP contribution is -1.77. The van der Waals surface area contributed by atoms with Crippen molar-refractivity contribution in [1.29, 1.82) is 0 Å². The molecular weight excluding hydrogens is 166 g/mol. The maximum atomic E-state index is 3.96. The Hall–Kier alpha value is -0.890. The minimum absolute atomic E-state index is 1.02. The molecule has 0 saturated carbocycles. The van der Waals surface area contributed by atoms with Gasteiger partial charge in [-0.25, -0.2) is 0 Å². The third-order valence-corrected chi connectivity index (χ3v) is 3.44. The van der Waals surface area contributed by atoms with Crippen molar-refractivity contribution in [1.82, 2.24) is 0 Å². The number of nitrogens with zero attached hydrogens (tertiary/aromatic N) is 1. The number of thiophene rings is 1. The first-order chi connectivity index (χ1) is 5.57. The minimum atomic E-state index is 1.02. The lowest BCUT2D eigenvalue weighted by molar-refractivity contribution is 1.37. The van der Waals surface area contributed by atoms with Crippen LogP contribution >= 0.6 is 11.3 Å². The van der Waals surface area contributed by atoms with Crippen LogP contribution < -0.4 is 0 Å². The summed E-state index contributed by atoms with van der Waals surface area (Å²) >= 11 is 1.67. The number of hydrogen-bond donors (Lipinski definition) is 0. The Balaban J connectivity index is 3.34. The van der Waals surface area contributed by atoms with Gasteiger partial charge in [0.05, 0.1) is 0 Å². The molecule has 0 spiro atoms. The first kappa shape index (κ1) is 9.20. The average molecular weight is 179 g/mol. The third kappa shape index (κ3) is 1.34. The van der Waals surface area contributed by atoms with Gasteiger partial charge in [0.15, 0.2) is 0 Å². The Labute approximate surface area is 77.5 Å². The zero-order valence-corrected chi connectivity index (χ0v) is 8.59. The number of rotatable bonds is 2. The SMILES string of the molecule is C=Nc1sc(C(=C)C)c(C)c1C. The molecule has 0 amide bonds. The topological polar surface area (TPSA) is 12.4 Å². The molecule has 1 heterocycles. The van der Waals surface area contributed by atoms with Gasteiger partial charge in [0, 0.05) is 4.88 Å². The van der Waals surface area contributed by atoms with E-state index >= 15 is 0 Å². The fourth-order valence-corrected chi connectivity index (χ4v) is 2.18.